The molecule has 0 saturated heterocycles. The maximum Gasteiger partial charge on any atom is -0.0261 e. The Kier molecular flexibility index (Phi) is 2.74. The molecule has 0 bridgehead atoms. The maximum atomic E-state index is 2.38. The van der Waals surface area contributed by atoms with Crippen LogP contribution in [0.3, 0.4) is 0 Å². The van der Waals surface area contributed by atoms with Gasteiger partial charge in [-0.3, -0.25) is 0 Å². The van der Waals surface area contributed by atoms with Gasteiger partial charge in [0, 0.05) is 0 Å². The molecule has 0 rings (SSSR count). The van der Waals surface area contributed by atoms with Crippen LogP contribution in [0.5, 0.6) is 0 Å². The molecule has 0 radical (unpaired) electrons. The zero-order valence-corrected chi connectivity index (χ0v) is 6.64. The number of hydrogen-bond donors (Lipinski definition) is 0. The first-order valence-electron chi connectivity index (χ1n) is 2.81. The van der Waals surface area contributed by atoms with E-state index in [0.717, 1.165) is 0 Å². The van der Waals surface area contributed by atoms with Crippen LogP contribution in [0.25, 0.3) is 0 Å². The third-order valence-corrected chi connectivity index (χ3v) is 4.69. The van der Waals surface area contributed by atoms with E-state index in [9.17, 15) is 0 Å². The summed E-state index contributed by atoms with van der Waals surface area (Å²) in [5, 5.41) is 0. The highest BCUT2D eigenvalue weighted by Gasteiger charge is 2.02. The third-order valence-electron chi connectivity index (χ3n) is 1.56. The lowest BCUT2D eigenvalue weighted by Crippen LogP contribution is -1.99. The fraction of sp³-hybridized carbons (Fsp3) is 1.00. The van der Waals surface area contributed by atoms with E-state index in [4.69, 9.17) is 0 Å². The highest BCUT2D eigenvalue weighted by Crippen LogP contribution is 2.37. The summed E-state index contributed by atoms with van der Waals surface area (Å²) in [6.45, 7) is 4.55. The van der Waals surface area contributed by atoms with Gasteiger partial charge in [0.15, 0.2) is 0 Å². The maximum absolute atomic E-state index is 2.38. The van der Waals surface area contributed by atoms with Crippen molar-refractivity contribution in [2.24, 2.45) is 0 Å². The van der Waals surface area contributed by atoms with Crippen LogP contribution in [0.2, 0.25) is 0 Å². The van der Waals surface area contributed by atoms with Crippen LogP contribution >= 0.6 is 10.0 Å². The first-order valence-corrected chi connectivity index (χ1v) is 5.60. The lowest BCUT2D eigenvalue weighted by atomic mass is 11.0. The Morgan fingerprint density at radius 3 is 1.29 bits per heavy atom. The minimum absolute atomic E-state index is 0.157. The van der Waals surface area contributed by atoms with Gasteiger partial charge in [0.25, 0.3) is 0 Å². The molecule has 0 aromatic heterocycles. The van der Waals surface area contributed by atoms with E-state index in [2.05, 4.69) is 26.4 Å². The Balaban J connectivity index is 3.36. The molecule has 0 nitrogen and oxygen atoms in total. The predicted octanol–water partition coefficient (Wildman–Crippen LogP) is 2.09. The van der Waals surface area contributed by atoms with E-state index in [0.29, 0.717) is 0 Å². The molecule has 0 aliphatic rings. The van der Waals surface area contributed by atoms with E-state index in [1.54, 1.807) is 0 Å². The van der Waals surface area contributed by atoms with Crippen molar-refractivity contribution in [1.82, 2.24) is 0 Å². The molecule has 0 amide bonds. The van der Waals surface area contributed by atoms with E-state index >= 15 is 0 Å². The Hall–Kier alpha value is 0.350. The van der Waals surface area contributed by atoms with Crippen molar-refractivity contribution in [2.45, 2.75) is 13.8 Å². The van der Waals surface area contributed by atoms with Gasteiger partial charge in [-0.1, -0.05) is 13.8 Å². The van der Waals surface area contributed by atoms with E-state index in [-0.39, 0.29) is 10.0 Å². The molecule has 46 valence electrons. The van der Waals surface area contributed by atoms with Crippen LogP contribution < -0.4 is 0 Å². The summed E-state index contributed by atoms with van der Waals surface area (Å²) < 4.78 is 0. The van der Waals surface area contributed by atoms with Gasteiger partial charge < -0.3 is 0 Å². The second-order valence-electron chi connectivity index (χ2n) is 2.34. The summed E-state index contributed by atoms with van der Waals surface area (Å²) in [6.07, 6.45) is 4.76. The summed E-state index contributed by atoms with van der Waals surface area (Å²) in [4.78, 5) is 0. The fourth-order valence-corrected chi connectivity index (χ4v) is 0.612. The second-order valence-corrected chi connectivity index (χ2v) is 7.03. The van der Waals surface area contributed by atoms with Crippen LogP contribution in [0, 0.1) is 0 Å². The van der Waals surface area contributed by atoms with Crippen molar-refractivity contribution in [3.8, 4) is 0 Å². The van der Waals surface area contributed by atoms with Gasteiger partial charge in [-0.2, -0.15) is 0 Å². The van der Waals surface area contributed by atoms with Crippen LogP contribution in [-0.4, -0.2) is 24.0 Å². The molecular formula is C6H16S. The molecular weight excluding hydrogens is 104 g/mol. The molecule has 0 aliphatic carbocycles. The van der Waals surface area contributed by atoms with Crippen molar-refractivity contribution < 1.29 is 0 Å². The molecule has 0 fully saturated rings. The van der Waals surface area contributed by atoms with Crippen molar-refractivity contribution in [3.63, 3.8) is 0 Å². The normalized spacial score (nSPS) is 14.3. The Labute approximate surface area is 48.6 Å². The minimum Gasteiger partial charge on any atom is -0.247 e. The molecule has 0 N–H and O–H groups in total. The average molecular weight is 120 g/mol. The highest BCUT2D eigenvalue weighted by atomic mass is 32.3. The lowest BCUT2D eigenvalue weighted by Gasteiger charge is -2.26. The molecule has 7 heavy (non-hydrogen) atoms. The summed E-state index contributed by atoms with van der Waals surface area (Å²) in [5.74, 6) is 2.76. The Morgan fingerprint density at radius 2 is 1.29 bits per heavy atom. The fourth-order valence-electron chi connectivity index (χ4n) is 0.204. The molecule has 1 heteroatoms. The predicted molar refractivity (Wildman–Crippen MR) is 40.5 cm³/mol. The van der Waals surface area contributed by atoms with Gasteiger partial charge in [0.2, 0.25) is 0 Å². The molecule has 0 heterocycles. The molecule has 0 aromatic rings. The summed E-state index contributed by atoms with van der Waals surface area (Å²) >= 11 is 0. The second kappa shape index (κ2) is 2.61. The van der Waals surface area contributed by atoms with Crippen molar-refractivity contribution in [3.05, 3.63) is 0 Å². The van der Waals surface area contributed by atoms with E-state index in [1.165, 1.54) is 11.5 Å². The number of hydrogen-bond acceptors (Lipinski definition) is 0. The monoisotopic (exact) mass is 120 g/mol. The van der Waals surface area contributed by atoms with Crippen LogP contribution in [0.15, 0.2) is 0 Å². The Bertz CT molecular complexity index is 42.1. The quantitative estimate of drug-likeness (QED) is 0.523. The largest absolute Gasteiger partial charge is 0.247 e. The zero-order valence-electron chi connectivity index (χ0n) is 5.82. The molecule has 0 aromatic carbocycles. The first kappa shape index (κ1) is 7.35. The first-order chi connectivity index (χ1) is 3.12. The SMILES string of the molecule is CCS(C)(C)CC. The molecule has 0 aliphatic heterocycles. The summed E-state index contributed by atoms with van der Waals surface area (Å²) in [5.41, 5.74) is 0. The summed E-state index contributed by atoms with van der Waals surface area (Å²) in [7, 11) is -0.157. The smallest absolute Gasteiger partial charge is 0.0261 e. The lowest BCUT2D eigenvalue weighted by molar-refractivity contribution is 1.41. The van der Waals surface area contributed by atoms with Crippen LogP contribution in [-0.2, 0) is 0 Å². The van der Waals surface area contributed by atoms with E-state index in [1.807, 2.05) is 0 Å². The molecule has 0 saturated carbocycles. The van der Waals surface area contributed by atoms with Crippen molar-refractivity contribution >= 4 is 10.0 Å². The van der Waals surface area contributed by atoms with Gasteiger partial charge in [-0.25, -0.2) is 10.0 Å². The van der Waals surface area contributed by atoms with Crippen molar-refractivity contribution in [1.29, 1.82) is 0 Å². The topological polar surface area (TPSA) is 0 Å². The highest BCUT2D eigenvalue weighted by molar-refractivity contribution is 8.32. The van der Waals surface area contributed by atoms with E-state index < -0.39 is 0 Å². The zero-order chi connectivity index (χ0) is 5.91. The number of rotatable bonds is 2. The van der Waals surface area contributed by atoms with Gasteiger partial charge in [-0.05, 0) is 24.0 Å². The van der Waals surface area contributed by atoms with Gasteiger partial charge in [-0.15, -0.1) is 0 Å². The van der Waals surface area contributed by atoms with Gasteiger partial charge in [0.05, 0.1) is 0 Å². The molecule has 0 unspecified atom stereocenters. The summed E-state index contributed by atoms with van der Waals surface area (Å²) in [6, 6.07) is 0. The van der Waals surface area contributed by atoms with Crippen LogP contribution in [0.1, 0.15) is 13.8 Å². The molecule has 0 atom stereocenters. The average Bonchev–Trinajstić information content (AvgIpc) is 1.68. The minimum atomic E-state index is -0.157. The van der Waals surface area contributed by atoms with Gasteiger partial charge >= 0.3 is 0 Å². The third kappa shape index (κ3) is 2.98. The van der Waals surface area contributed by atoms with Crippen molar-refractivity contribution in [2.75, 3.05) is 24.0 Å². The Morgan fingerprint density at radius 1 is 1.00 bits per heavy atom. The van der Waals surface area contributed by atoms with Crippen LogP contribution in [0.4, 0.5) is 0 Å². The van der Waals surface area contributed by atoms with Gasteiger partial charge in [0.1, 0.15) is 0 Å². The standard InChI is InChI=1S/C6H16S/c1-5-7(3,4)6-2/h5-6H2,1-4H3. The molecule has 0 spiro atoms.